The van der Waals surface area contributed by atoms with Gasteiger partial charge in [-0.2, -0.15) is 0 Å². The summed E-state index contributed by atoms with van der Waals surface area (Å²) in [5.74, 6) is -3.60. The molecule has 8 N–H and O–H groups in total. The van der Waals surface area contributed by atoms with E-state index in [0.29, 0.717) is 6.42 Å². The molecule has 0 aliphatic carbocycles. The van der Waals surface area contributed by atoms with Crippen LogP contribution in [0.4, 0.5) is 0 Å². The van der Waals surface area contributed by atoms with E-state index >= 15 is 0 Å². The Balaban J connectivity index is 1.75. The second kappa shape index (κ2) is 14.2. The zero-order valence-corrected chi connectivity index (χ0v) is 22.6. The molecule has 0 saturated carbocycles. The van der Waals surface area contributed by atoms with E-state index in [1.165, 1.54) is 0 Å². The molecule has 5 unspecified atom stereocenters. The lowest BCUT2D eigenvalue weighted by atomic mass is 9.96. The number of nitrogens with one attached hydrogen (secondary N) is 4. The quantitative estimate of drug-likeness (QED) is 0.155. The number of aromatic amines is 1. The van der Waals surface area contributed by atoms with Gasteiger partial charge in [-0.3, -0.25) is 14.4 Å². The molecule has 0 fully saturated rings. The van der Waals surface area contributed by atoms with E-state index < -0.39 is 54.5 Å². The maximum atomic E-state index is 13.5. The van der Waals surface area contributed by atoms with Gasteiger partial charge >= 0.3 is 5.97 Å². The minimum Gasteiger partial charge on any atom is -0.480 e. The number of carboxylic acid groups (broad SMARTS) is 1. The van der Waals surface area contributed by atoms with Crippen molar-refractivity contribution in [3.05, 3.63) is 71.9 Å². The van der Waals surface area contributed by atoms with Gasteiger partial charge in [-0.1, -0.05) is 68.8 Å². The molecule has 2 aromatic carbocycles. The predicted molar refractivity (Wildman–Crippen MR) is 150 cm³/mol. The fraction of sp³-hybridized carbons (Fsp3) is 0.379. The number of amides is 3. The van der Waals surface area contributed by atoms with Gasteiger partial charge in [0.25, 0.3) is 0 Å². The maximum absolute atomic E-state index is 13.5. The number of para-hydroxylation sites is 1. The Hall–Kier alpha value is -4.22. The van der Waals surface area contributed by atoms with Crippen molar-refractivity contribution in [3.8, 4) is 0 Å². The smallest absolute Gasteiger partial charge is 0.328 e. The number of aliphatic hydroxyl groups is 1. The SMILES string of the molecule is CCC(C)C(NC(=O)C(N)Cc1c[nH]c2ccccc12)C(=O)NC(Cc1ccccc1)C(=O)NC(CO)C(=O)O. The summed E-state index contributed by atoms with van der Waals surface area (Å²) < 4.78 is 0. The maximum Gasteiger partial charge on any atom is 0.328 e. The number of carboxylic acids is 1. The third-order valence-electron chi connectivity index (χ3n) is 6.96. The second-order valence-electron chi connectivity index (χ2n) is 9.87. The van der Waals surface area contributed by atoms with E-state index in [0.717, 1.165) is 22.0 Å². The second-order valence-corrected chi connectivity index (χ2v) is 9.87. The van der Waals surface area contributed by atoms with Crippen LogP contribution in [-0.2, 0) is 32.0 Å². The number of H-pyrrole nitrogens is 1. The molecule has 0 spiro atoms. The Bertz CT molecular complexity index is 1310. The van der Waals surface area contributed by atoms with Gasteiger partial charge in [-0.25, -0.2) is 4.79 Å². The average molecular weight is 552 g/mol. The minimum atomic E-state index is -1.53. The van der Waals surface area contributed by atoms with Gasteiger partial charge in [0.2, 0.25) is 17.7 Å². The molecule has 11 heteroatoms. The third kappa shape index (κ3) is 7.90. The number of carbonyl (C=O) groups is 4. The van der Waals surface area contributed by atoms with Crippen molar-refractivity contribution in [2.24, 2.45) is 11.7 Å². The van der Waals surface area contributed by atoms with Crippen LogP contribution in [-0.4, -0.2) is 69.7 Å². The summed E-state index contributed by atoms with van der Waals surface area (Å²) in [6.07, 6.45) is 2.68. The van der Waals surface area contributed by atoms with E-state index in [2.05, 4.69) is 20.9 Å². The number of aliphatic carboxylic acids is 1. The average Bonchev–Trinajstić information content (AvgIpc) is 3.36. The molecule has 0 radical (unpaired) electrons. The third-order valence-corrected chi connectivity index (χ3v) is 6.96. The molecule has 11 nitrogen and oxygen atoms in total. The van der Waals surface area contributed by atoms with Gasteiger partial charge in [0, 0.05) is 23.5 Å². The van der Waals surface area contributed by atoms with Crippen LogP contribution in [0.3, 0.4) is 0 Å². The first-order chi connectivity index (χ1) is 19.1. The van der Waals surface area contributed by atoms with Crippen molar-refractivity contribution >= 4 is 34.6 Å². The molecule has 0 aliphatic rings. The number of aliphatic hydroxyl groups excluding tert-OH is 1. The zero-order valence-electron chi connectivity index (χ0n) is 22.6. The molecule has 3 rings (SSSR count). The van der Waals surface area contributed by atoms with E-state index in [1.54, 1.807) is 43.5 Å². The van der Waals surface area contributed by atoms with Crippen LogP contribution in [0.15, 0.2) is 60.8 Å². The van der Waals surface area contributed by atoms with E-state index in [1.807, 2.05) is 31.2 Å². The molecular formula is C29H37N5O6. The Morgan fingerprint density at radius 3 is 2.17 bits per heavy atom. The predicted octanol–water partition coefficient (Wildman–Crippen LogP) is 0.858. The van der Waals surface area contributed by atoms with Crippen molar-refractivity contribution in [3.63, 3.8) is 0 Å². The molecule has 214 valence electrons. The Morgan fingerprint density at radius 1 is 0.875 bits per heavy atom. The van der Waals surface area contributed by atoms with E-state index in [4.69, 9.17) is 5.73 Å². The molecule has 40 heavy (non-hydrogen) atoms. The van der Waals surface area contributed by atoms with Crippen molar-refractivity contribution < 1.29 is 29.4 Å². The molecular weight excluding hydrogens is 514 g/mol. The van der Waals surface area contributed by atoms with Gasteiger partial charge in [0.1, 0.15) is 18.1 Å². The zero-order chi connectivity index (χ0) is 29.2. The van der Waals surface area contributed by atoms with Crippen LogP contribution in [0.5, 0.6) is 0 Å². The normalized spacial score (nSPS) is 14.9. The van der Waals surface area contributed by atoms with Gasteiger partial charge in [0.05, 0.1) is 12.6 Å². The largest absolute Gasteiger partial charge is 0.480 e. The molecule has 0 saturated heterocycles. The van der Waals surface area contributed by atoms with Gasteiger partial charge in [-0.15, -0.1) is 0 Å². The Kier molecular flexibility index (Phi) is 10.8. The number of aromatic nitrogens is 1. The molecule has 3 amide bonds. The summed E-state index contributed by atoms with van der Waals surface area (Å²) >= 11 is 0. The standard InChI is InChI=1S/C29H37N5O6/c1-3-17(2)25(34-26(36)21(30)14-19-15-31-22-12-8-7-11-20(19)22)28(38)32-23(13-18-9-5-4-6-10-18)27(37)33-24(16-35)29(39)40/h4-12,15,17,21,23-25,31,35H,3,13-14,16,30H2,1-2H3,(H,32,38)(H,33,37)(H,34,36)(H,39,40). The molecule has 5 atom stereocenters. The highest BCUT2D eigenvalue weighted by atomic mass is 16.4. The monoisotopic (exact) mass is 551 g/mol. The highest BCUT2D eigenvalue weighted by Crippen LogP contribution is 2.19. The first kappa shape index (κ1) is 30.3. The van der Waals surface area contributed by atoms with Crippen LogP contribution < -0.4 is 21.7 Å². The van der Waals surface area contributed by atoms with Crippen LogP contribution >= 0.6 is 0 Å². The topological polar surface area (TPSA) is 187 Å². The number of rotatable bonds is 14. The lowest BCUT2D eigenvalue weighted by molar-refractivity contribution is -0.143. The summed E-state index contributed by atoms with van der Waals surface area (Å²) in [6.45, 7) is 2.86. The number of benzene rings is 2. The van der Waals surface area contributed by atoms with Crippen molar-refractivity contribution in [1.82, 2.24) is 20.9 Å². The summed E-state index contributed by atoms with van der Waals surface area (Å²) in [5.41, 5.74) is 8.77. The fourth-order valence-corrected chi connectivity index (χ4v) is 4.37. The van der Waals surface area contributed by atoms with Crippen LogP contribution in [0.1, 0.15) is 31.4 Å². The fourth-order valence-electron chi connectivity index (χ4n) is 4.37. The number of hydrogen-bond acceptors (Lipinski definition) is 6. The van der Waals surface area contributed by atoms with Crippen LogP contribution in [0.2, 0.25) is 0 Å². The lowest BCUT2D eigenvalue weighted by Crippen LogP contribution is -2.59. The first-order valence-electron chi connectivity index (χ1n) is 13.2. The van der Waals surface area contributed by atoms with Crippen molar-refractivity contribution in [2.45, 2.75) is 57.3 Å². The Labute approximate surface area is 232 Å². The van der Waals surface area contributed by atoms with Gasteiger partial charge in [0.15, 0.2) is 0 Å². The van der Waals surface area contributed by atoms with Gasteiger partial charge < -0.3 is 36.9 Å². The summed E-state index contributed by atoms with van der Waals surface area (Å²) in [7, 11) is 0. The molecule has 1 aromatic heterocycles. The summed E-state index contributed by atoms with van der Waals surface area (Å²) in [6, 6.07) is 11.9. The highest BCUT2D eigenvalue weighted by molar-refractivity contribution is 5.94. The Morgan fingerprint density at radius 2 is 1.52 bits per heavy atom. The van der Waals surface area contributed by atoms with Gasteiger partial charge in [-0.05, 0) is 29.5 Å². The highest BCUT2D eigenvalue weighted by Gasteiger charge is 2.32. The summed E-state index contributed by atoms with van der Waals surface area (Å²) in [5, 5.41) is 27.2. The van der Waals surface area contributed by atoms with Crippen molar-refractivity contribution in [1.29, 1.82) is 0 Å². The molecule has 1 heterocycles. The van der Waals surface area contributed by atoms with Crippen LogP contribution in [0.25, 0.3) is 10.9 Å². The molecule has 3 aromatic rings. The molecule has 0 aliphatic heterocycles. The van der Waals surface area contributed by atoms with Crippen molar-refractivity contribution in [2.75, 3.05) is 6.61 Å². The number of fused-ring (bicyclic) bond motifs is 1. The van der Waals surface area contributed by atoms with E-state index in [-0.39, 0.29) is 18.8 Å². The number of hydrogen-bond donors (Lipinski definition) is 7. The van der Waals surface area contributed by atoms with E-state index in [9.17, 15) is 29.4 Å². The lowest BCUT2D eigenvalue weighted by Gasteiger charge is -2.28. The number of carbonyl (C=O) groups excluding carboxylic acids is 3. The van der Waals surface area contributed by atoms with Crippen LogP contribution in [0, 0.1) is 5.92 Å². The summed E-state index contributed by atoms with van der Waals surface area (Å²) in [4.78, 5) is 54.1. The molecule has 0 bridgehead atoms. The minimum absolute atomic E-state index is 0.0669. The first-order valence-corrected chi connectivity index (χ1v) is 13.2. The number of nitrogens with two attached hydrogens (primary N) is 1.